The van der Waals surface area contributed by atoms with Gasteiger partial charge < -0.3 is 9.84 Å². The van der Waals surface area contributed by atoms with Crippen molar-refractivity contribution in [2.24, 2.45) is 5.92 Å². The van der Waals surface area contributed by atoms with Crippen molar-refractivity contribution in [1.29, 1.82) is 0 Å². The predicted octanol–water partition coefficient (Wildman–Crippen LogP) is 3.07. The van der Waals surface area contributed by atoms with E-state index in [0.717, 1.165) is 25.0 Å². The summed E-state index contributed by atoms with van der Waals surface area (Å²) < 4.78 is 6.04. The SMILES string of the molecule is OCCC1CCc2cc(OCc3ccc4ccccc4c3)ccc2C1.[AlH3].[LiH]. The molecule has 0 saturated heterocycles. The van der Waals surface area contributed by atoms with Crippen molar-refractivity contribution < 1.29 is 9.84 Å². The summed E-state index contributed by atoms with van der Waals surface area (Å²) in [5.41, 5.74) is 4.02. The molecule has 1 aliphatic carbocycles. The fourth-order valence-corrected chi connectivity index (χ4v) is 3.82. The molecule has 0 aromatic heterocycles. The van der Waals surface area contributed by atoms with Crippen LogP contribution in [0.5, 0.6) is 5.75 Å². The van der Waals surface area contributed by atoms with Gasteiger partial charge in [0.25, 0.3) is 0 Å². The summed E-state index contributed by atoms with van der Waals surface area (Å²) in [7, 11) is 0. The molecule has 4 rings (SSSR count). The fraction of sp³-hybridized carbons (Fsp3) is 0.304. The van der Waals surface area contributed by atoms with Crippen LogP contribution in [0.15, 0.2) is 60.7 Å². The van der Waals surface area contributed by atoms with Crippen molar-refractivity contribution in [3.63, 3.8) is 0 Å². The Morgan fingerprint density at radius 3 is 2.56 bits per heavy atom. The second-order valence-electron chi connectivity index (χ2n) is 7.02. The Balaban J connectivity index is 0.00000131. The van der Waals surface area contributed by atoms with Crippen LogP contribution in [0, 0.1) is 5.92 Å². The number of aryl methyl sites for hydroxylation is 1. The quantitative estimate of drug-likeness (QED) is 0.700. The Hall–Kier alpha value is -1.19. The number of fused-ring (bicyclic) bond motifs is 2. The molecule has 0 bridgehead atoms. The number of aliphatic hydroxyl groups is 1. The summed E-state index contributed by atoms with van der Waals surface area (Å²) >= 11 is 0. The van der Waals surface area contributed by atoms with Crippen LogP contribution in [-0.4, -0.2) is 47.9 Å². The number of rotatable bonds is 5. The third kappa shape index (κ3) is 5.42. The van der Waals surface area contributed by atoms with E-state index in [-0.39, 0.29) is 36.2 Å². The van der Waals surface area contributed by atoms with Crippen molar-refractivity contribution in [2.45, 2.75) is 32.3 Å². The van der Waals surface area contributed by atoms with E-state index >= 15 is 0 Å². The molecule has 1 unspecified atom stereocenters. The van der Waals surface area contributed by atoms with E-state index in [1.807, 2.05) is 0 Å². The maximum absolute atomic E-state index is 9.13. The van der Waals surface area contributed by atoms with Gasteiger partial charge in [0.15, 0.2) is 17.4 Å². The molecule has 2 nitrogen and oxygen atoms in total. The van der Waals surface area contributed by atoms with E-state index in [2.05, 4.69) is 60.7 Å². The first-order valence-electron chi connectivity index (χ1n) is 9.15. The normalized spacial score (nSPS) is 15.4. The molecule has 0 spiro atoms. The number of benzene rings is 3. The molecular formula is C23H28AlLiO2. The molecule has 3 aromatic carbocycles. The standard InChI is InChI=1S/C23H24O2.Al.Li.4H/c24-12-11-17-5-8-22-15-23(10-9-21(22)13-17)25-16-18-6-7-19-3-1-2-4-20(19)14-18;;;;;;/h1-4,6-7,9-10,14-15,17,24H,5,8,11-13,16H2;;;;;;. The molecule has 0 radical (unpaired) electrons. The molecule has 1 atom stereocenters. The van der Waals surface area contributed by atoms with Crippen LogP contribution >= 0.6 is 0 Å². The summed E-state index contributed by atoms with van der Waals surface area (Å²) in [6, 6.07) is 21.4. The van der Waals surface area contributed by atoms with Crippen molar-refractivity contribution >= 4 is 47.0 Å². The molecule has 0 heterocycles. The van der Waals surface area contributed by atoms with E-state index in [1.165, 1.54) is 33.9 Å². The van der Waals surface area contributed by atoms with E-state index in [0.29, 0.717) is 19.1 Å². The van der Waals surface area contributed by atoms with Crippen LogP contribution in [0.1, 0.15) is 29.5 Å². The summed E-state index contributed by atoms with van der Waals surface area (Å²) in [4.78, 5) is 0. The fourth-order valence-electron chi connectivity index (χ4n) is 3.82. The van der Waals surface area contributed by atoms with Crippen LogP contribution in [0.25, 0.3) is 10.8 Å². The Bertz CT molecular complexity index is 881. The van der Waals surface area contributed by atoms with Gasteiger partial charge in [0.2, 0.25) is 0 Å². The molecule has 0 aliphatic heterocycles. The molecule has 27 heavy (non-hydrogen) atoms. The topological polar surface area (TPSA) is 29.5 Å². The van der Waals surface area contributed by atoms with Gasteiger partial charge in [0, 0.05) is 6.61 Å². The predicted molar refractivity (Wildman–Crippen MR) is 119 cm³/mol. The first-order chi connectivity index (χ1) is 12.3. The van der Waals surface area contributed by atoms with Crippen molar-refractivity contribution in [3.05, 3.63) is 77.4 Å². The zero-order chi connectivity index (χ0) is 17.1. The maximum atomic E-state index is 9.13. The van der Waals surface area contributed by atoms with Gasteiger partial charge in [-0.15, -0.1) is 0 Å². The third-order valence-electron chi connectivity index (χ3n) is 5.26. The average molecular weight is 370 g/mol. The summed E-state index contributed by atoms with van der Waals surface area (Å²) in [5.74, 6) is 1.58. The van der Waals surface area contributed by atoms with Gasteiger partial charge in [-0.05, 0) is 77.3 Å². The van der Waals surface area contributed by atoms with Gasteiger partial charge in [-0.3, -0.25) is 0 Å². The average Bonchev–Trinajstić information content (AvgIpc) is 2.66. The Kier molecular flexibility index (Phi) is 8.50. The third-order valence-corrected chi connectivity index (χ3v) is 5.26. The zero-order valence-corrected chi connectivity index (χ0v) is 14.4. The van der Waals surface area contributed by atoms with Crippen LogP contribution in [0.3, 0.4) is 0 Å². The van der Waals surface area contributed by atoms with Gasteiger partial charge in [-0.2, -0.15) is 0 Å². The monoisotopic (exact) mass is 370 g/mol. The van der Waals surface area contributed by atoms with Crippen LogP contribution in [0.2, 0.25) is 0 Å². The first kappa shape index (κ1) is 22.1. The molecule has 0 amide bonds. The van der Waals surface area contributed by atoms with Crippen LogP contribution in [-0.2, 0) is 19.4 Å². The molecular weight excluding hydrogens is 342 g/mol. The molecule has 0 fully saturated rings. The van der Waals surface area contributed by atoms with E-state index < -0.39 is 0 Å². The van der Waals surface area contributed by atoms with Crippen LogP contribution < -0.4 is 4.74 Å². The number of hydrogen-bond acceptors (Lipinski definition) is 2. The minimum absolute atomic E-state index is 0. The van der Waals surface area contributed by atoms with Crippen molar-refractivity contribution in [3.8, 4) is 5.75 Å². The zero-order valence-electron chi connectivity index (χ0n) is 14.4. The number of ether oxygens (including phenoxy) is 1. The van der Waals surface area contributed by atoms with Crippen LogP contribution in [0.4, 0.5) is 0 Å². The summed E-state index contributed by atoms with van der Waals surface area (Å²) in [5, 5.41) is 11.7. The van der Waals surface area contributed by atoms with Gasteiger partial charge in [0.1, 0.15) is 12.4 Å². The number of hydrogen-bond donors (Lipinski definition) is 1. The summed E-state index contributed by atoms with van der Waals surface area (Å²) in [6.07, 6.45) is 4.26. The second-order valence-corrected chi connectivity index (χ2v) is 7.02. The first-order valence-corrected chi connectivity index (χ1v) is 9.15. The molecule has 3 aromatic rings. The Morgan fingerprint density at radius 2 is 1.74 bits per heavy atom. The van der Waals surface area contributed by atoms with E-state index in [1.54, 1.807) is 0 Å². The van der Waals surface area contributed by atoms with Gasteiger partial charge >= 0.3 is 18.9 Å². The van der Waals surface area contributed by atoms with E-state index in [4.69, 9.17) is 9.84 Å². The van der Waals surface area contributed by atoms with Gasteiger partial charge in [-0.25, -0.2) is 0 Å². The van der Waals surface area contributed by atoms with E-state index in [9.17, 15) is 0 Å². The van der Waals surface area contributed by atoms with Crippen molar-refractivity contribution in [1.82, 2.24) is 0 Å². The molecule has 0 saturated carbocycles. The molecule has 136 valence electrons. The molecule has 1 N–H and O–H groups in total. The van der Waals surface area contributed by atoms with Crippen molar-refractivity contribution in [2.75, 3.05) is 6.61 Å². The number of aliphatic hydroxyl groups excluding tert-OH is 1. The molecule has 1 aliphatic rings. The second kappa shape index (κ2) is 10.4. The molecule has 4 heteroatoms. The Labute approximate surface area is 184 Å². The minimum atomic E-state index is 0. The summed E-state index contributed by atoms with van der Waals surface area (Å²) in [6.45, 7) is 0.893. The van der Waals surface area contributed by atoms with Gasteiger partial charge in [0.05, 0.1) is 0 Å². The van der Waals surface area contributed by atoms with Gasteiger partial charge in [-0.1, -0.05) is 42.5 Å². The Morgan fingerprint density at radius 1 is 0.926 bits per heavy atom.